The van der Waals surface area contributed by atoms with Crippen molar-refractivity contribution in [2.75, 3.05) is 0 Å². The van der Waals surface area contributed by atoms with E-state index in [0.29, 0.717) is 5.56 Å². The number of phenols is 2. The molecule has 6 N–H and O–H groups in total. The average Bonchev–Trinajstić information content (AvgIpc) is 3.48. The predicted octanol–water partition coefficient (Wildman–Crippen LogP) is 4.61. The summed E-state index contributed by atoms with van der Waals surface area (Å²) >= 11 is 0. The quantitative estimate of drug-likeness (QED) is 0.122. The Morgan fingerprint density at radius 1 is 0.712 bits per heavy atom. The molecule has 18 heteroatoms. The molecular formula is C41H41N3O13S2-2. The summed E-state index contributed by atoms with van der Waals surface area (Å²) in [6.45, 7) is 3.66. The van der Waals surface area contributed by atoms with Gasteiger partial charge in [0.25, 0.3) is 11.9 Å². The maximum Gasteiger partial charge on any atom is 0.320 e. The molecule has 1 aliphatic heterocycles. The molecule has 1 unspecified atom stereocenters. The number of aliphatic carboxylic acids is 2. The van der Waals surface area contributed by atoms with Crippen LogP contribution in [0.2, 0.25) is 0 Å². The number of esters is 1. The summed E-state index contributed by atoms with van der Waals surface area (Å²) in [6, 6.07) is 21.0. The van der Waals surface area contributed by atoms with Crippen LogP contribution in [0.5, 0.6) is 11.5 Å². The minimum absolute atomic E-state index is 0.0294. The van der Waals surface area contributed by atoms with Crippen molar-refractivity contribution in [3.8, 4) is 11.5 Å². The highest BCUT2D eigenvalue weighted by Crippen LogP contribution is 2.37. The Morgan fingerprint density at radius 3 is 1.59 bits per heavy atom. The largest absolute Gasteiger partial charge is 0.533 e. The third-order valence-corrected chi connectivity index (χ3v) is 11.5. The fraction of sp³-hybridized carbons (Fsp3) is 0.220. The summed E-state index contributed by atoms with van der Waals surface area (Å²) < 4.78 is 61.5. The highest BCUT2D eigenvalue weighted by molar-refractivity contribution is 7.94. The number of hydrogen-bond acceptors (Lipinski definition) is 12. The Labute approximate surface area is 340 Å². The molecule has 1 fully saturated rings. The van der Waals surface area contributed by atoms with Crippen molar-refractivity contribution in [1.29, 1.82) is 0 Å². The van der Waals surface area contributed by atoms with E-state index in [-0.39, 0.29) is 46.3 Å². The molecule has 0 bridgehead atoms. The smallest absolute Gasteiger partial charge is 0.320 e. The molecule has 312 valence electrons. The molecule has 2 aliphatic rings. The van der Waals surface area contributed by atoms with Crippen LogP contribution in [0.15, 0.2) is 131 Å². The first-order valence-electron chi connectivity index (χ1n) is 17.7. The van der Waals surface area contributed by atoms with E-state index < -0.39 is 61.7 Å². The maximum atomic E-state index is 12.3. The Morgan fingerprint density at radius 2 is 1.15 bits per heavy atom. The molecular weight excluding hydrogens is 807 g/mol. The normalized spacial score (nSPS) is 16.5. The highest BCUT2D eigenvalue weighted by Gasteiger charge is 2.41. The Balaban J connectivity index is 0.000000204. The lowest BCUT2D eigenvalue weighted by molar-refractivity contribution is -0.143. The number of phenolic OH excluding ortho intramolecular Hbond substituents is 2. The first kappa shape index (κ1) is 45.5. The molecule has 0 amide bonds. The number of aromatic hydroxyl groups is 2. The number of aryl methyl sites for hydroxylation is 2. The number of ether oxygens (including phenoxy) is 1. The van der Waals surface area contributed by atoms with Crippen molar-refractivity contribution in [1.82, 2.24) is 0 Å². The second kappa shape index (κ2) is 19.5. The fourth-order valence-corrected chi connectivity index (χ4v) is 7.60. The molecule has 1 spiro atoms. The molecule has 4 aromatic carbocycles. The standard InChI is InChI=1S/C16H14NO5S.C16H16NO5S.C9H11NO3/c1-11-2-4-13(5-3-11)23(20,21)17-14-10-16(22-15(14)19)8-6-12(18)7-9-16;1-11-2-8-14(9-3-11)23(21,22)17-15(16(19)20)10-12-4-6-13(18)7-5-12;10-8(9(12)13)5-6-1-3-7(11)4-2-6/h2-9,14H,10H2,1H3;2-9,15,18H,10H2,1H3,(H,19,20);1-4,8,11H,5,10H2,(H,12,13)/q2*-1;/t14-;;8-/m0.0/s1. The Bertz CT molecular complexity index is 2400. The number of sulfonamides is 2. The summed E-state index contributed by atoms with van der Waals surface area (Å²) in [6.07, 6.45) is 5.75. The Kier molecular flexibility index (Phi) is 15.1. The van der Waals surface area contributed by atoms with Crippen LogP contribution >= 0.6 is 0 Å². The second-order valence-corrected chi connectivity index (χ2v) is 16.8. The van der Waals surface area contributed by atoms with E-state index >= 15 is 0 Å². The van der Waals surface area contributed by atoms with E-state index in [1.165, 1.54) is 85.0 Å². The van der Waals surface area contributed by atoms with E-state index in [4.69, 9.17) is 20.7 Å². The number of carbonyl (C=O) groups excluding carboxylic acids is 2. The van der Waals surface area contributed by atoms with Gasteiger partial charge < -0.3 is 40.3 Å². The minimum atomic E-state index is -4.05. The van der Waals surface area contributed by atoms with Gasteiger partial charge in [0.15, 0.2) is 5.78 Å². The van der Waals surface area contributed by atoms with Gasteiger partial charge >= 0.3 is 5.97 Å². The molecule has 1 heterocycles. The van der Waals surface area contributed by atoms with Crippen molar-refractivity contribution in [3.63, 3.8) is 0 Å². The molecule has 3 atom stereocenters. The van der Waals surface area contributed by atoms with Gasteiger partial charge in [0.1, 0.15) is 43.2 Å². The zero-order valence-electron chi connectivity index (χ0n) is 31.7. The number of nitrogens with two attached hydrogens (primary N) is 1. The van der Waals surface area contributed by atoms with Crippen molar-refractivity contribution >= 4 is 43.7 Å². The lowest BCUT2D eigenvalue weighted by Gasteiger charge is -2.28. The first-order chi connectivity index (χ1) is 27.7. The van der Waals surface area contributed by atoms with Gasteiger partial charge in [-0.2, -0.15) is 0 Å². The van der Waals surface area contributed by atoms with Crippen LogP contribution in [0.3, 0.4) is 0 Å². The van der Waals surface area contributed by atoms with Gasteiger partial charge in [-0.15, -0.1) is 0 Å². The number of benzene rings is 4. The molecule has 0 radical (unpaired) electrons. The van der Waals surface area contributed by atoms with Gasteiger partial charge in [0.05, 0.1) is 0 Å². The number of carbonyl (C=O) groups is 4. The van der Waals surface area contributed by atoms with Gasteiger partial charge in [-0.3, -0.25) is 19.2 Å². The van der Waals surface area contributed by atoms with Gasteiger partial charge in [-0.25, -0.2) is 16.8 Å². The highest BCUT2D eigenvalue weighted by atomic mass is 32.2. The average molecular weight is 848 g/mol. The number of nitrogens with zero attached hydrogens (tertiary/aromatic N) is 2. The molecule has 0 aromatic heterocycles. The number of ketones is 1. The van der Waals surface area contributed by atoms with Crippen molar-refractivity contribution in [2.45, 2.75) is 66.6 Å². The summed E-state index contributed by atoms with van der Waals surface area (Å²) in [5.74, 6) is -3.07. The van der Waals surface area contributed by atoms with E-state index in [1.54, 1.807) is 36.4 Å². The topological polar surface area (TPSA) is 281 Å². The molecule has 59 heavy (non-hydrogen) atoms. The van der Waals surface area contributed by atoms with E-state index in [9.17, 15) is 46.2 Å². The van der Waals surface area contributed by atoms with Crippen LogP contribution in [0.1, 0.15) is 28.7 Å². The first-order valence-corrected chi connectivity index (χ1v) is 20.5. The van der Waals surface area contributed by atoms with Crippen LogP contribution in [-0.4, -0.2) is 84.7 Å². The molecule has 6 rings (SSSR count). The lowest BCUT2D eigenvalue weighted by Crippen LogP contribution is -2.32. The van der Waals surface area contributed by atoms with Crippen LogP contribution in [0.4, 0.5) is 0 Å². The molecule has 0 saturated carbocycles. The van der Waals surface area contributed by atoms with Gasteiger partial charge in [0, 0.05) is 9.79 Å². The summed E-state index contributed by atoms with van der Waals surface area (Å²) in [4.78, 5) is 44.8. The third kappa shape index (κ3) is 13.4. The number of hydrogen-bond donors (Lipinski definition) is 5. The molecule has 1 aliphatic carbocycles. The second-order valence-electron chi connectivity index (χ2n) is 13.5. The molecule has 16 nitrogen and oxygen atoms in total. The SMILES string of the molecule is Cc1ccc(S(=O)(=O)[N-]C(Cc2ccc(O)cc2)C(=O)O)cc1.Cc1ccc(S(=O)(=O)[N-][C@H]2CC3(C=CC(=O)C=C3)OC2=O)cc1.N[C@@H](Cc1ccc(O)cc1)C(=O)O. The van der Waals surface area contributed by atoms with E-state index in [0.717, 1.165) is 16.7 Å². The van der Waals surface area contributed by atoms with Gasteiger partial charge in [-0.05, 0) is 129 Å². The zero-order valence-corrected chi connectivity index (χ0v) is 33.3. The molecule has 4 aromatic rings. The summed E-state index contributed by atoms with van der Waals surface area (Å²) in [5.41, 5.74) is 7.42. The predicted molar refractivity (Wildman–Crippen MR) is 215 cm³/mol. The number of rotatable bonds is 12. The van der Waals surface area contributed by atoms with Gasteiger partial charge in [0.2, 0.25) is 0 Å². The van der Waals surface area contributed by atoms with E-state index in [1.807, 2.05) is 13.8 Å². The number of carboxylic acids is 2. The van der Waals surface area contributed by atoms with Crippen LogP contribution in [0, 0.1) is 13.8 Å². The lowest BCUT2D eigenvalue weighted by atomic mass is 9.93. The number of carboxylic acid groups (broad SMARTS) is 2. The van der Waals surface area contributed by atoms with Crippen molar-refractivity contribution in [2.24, 2.45) is 5.73 Å². The van der Waals surface area contributed by atoms with Gasteiger partial charge in [-0.1, -0.05) is 59.7 Å². The third-order valence-electron chi connectivity index (χ3n) is 8.66. The zero-order chi connectivity index (χ0) is 43.5. The van der Waals surface area contributed by atoms with E-state index in [2.05, 4.69) is 9.44 Å². The minimum Gasteiger partial charge on any atom is -0.533 e. The summed E-state index contributed by atoms with van der Waals surface area (Å²) in [5, 5.41) is 35.9. The van der Waals surface area contributed by atoms with Crippen LogP contribution in [0.25, 0.3) is 9.44 Å². The summed E-state index contributed by atoms with van der Waals surface area (Å²) in [7, 11) is -8.01. The van der Waals surface area contributed by atoms with Crippen molar-refractivity contribution < 1.29 is 61.2 Å². The van der Waals surface area contributed by atoms with Crippen LogP contribution < -0.4 is 5.73 Å². The Hall–Kier alpha value is -6.18. The molecule has 1 saturated heterocycles. The fourth-order valence-electron chi connectivity index (χ4n) is 5.40. The maximum absolute atomic E-state index is 12.3. The van der Waals surface area contributed by atoms with Crippen molar-refractivity contribution in [3.05, 3.63) is 153 Å². The number of allylic oxidation sites excluding steroid dienone is 2. The van der Waals surface area contributed by atoms with Crippen LogP contribution in [-0.2, 0) is 56.8 Å². The monoisotopic (exact) mass is 847 g/mol.